The van der Waals surface area contributed by atoms with E-state index in [9.17, 15) is 0 Å². The summed E-state index contributed by atoms with van der Waals surface area (Å²) in [5, 5.41) is 3.16. The normalized spacial score (nSPS) is 16.0. The van der Waals surface area contributed by atoms with E-state index in [1.54, 1.807) is 0 Å². The Kier molecular flexibility index (Phi) is 5.25. The molecule has 1 N–H and O–H groups in total. The number of ether oxygens (including phenoxy) is 1. The lowest BCUT2D eigenvalue weighted by atomic mass is 10.4. The number of hydrogen-bond acceptors (Lipinski definition) is 2. The van der Waals surface area contributed by atoms with Gasteiger partial charge in [-0.15, -0.1) is 0 Å². The number of rotatable bonds is 0. The average Bonchev–Trinajstić information content (AvgIpc) is 2.24. The molecule has 0 amide bonds. The molecule has 1 fully saturated rings. The summed E-state index contributed by atoms with van der Waals surface area (Å²) in [6.07, 6.45) is 0. The second kappa shape index (κ2) is 6.83. The summed E-state index contributed by atoms with van der Waals surface area (Å²) < 4.78 is 5.01. The van der Waals surface area contributed by atoms with Gasteiger partial charge in [-0.25, -0.2) is 0 Å². The van der Waals surface area contributed by atoms with Crippen LogP contribution in [0.5, 0.6) is 0 Å². The maximum Gasteiger partial charge on any atom is 0.0591 e. The van der Waals surface area contributed by atoms with Gasteiger partial charge in [0.15, 0.2) is 0 Å². The summed E-state index contributed by atoms with van der Waals surface area (Å²) in [4.78, 5) is 0. The maximum absolute atomic E-state index is 5.01. The lowest BCUT2D eigenvalue weighted by molar-refractivity contribution is 0.109. The molecule has 1 heterocycles. The van der Waals surface area contributed by atoms with E-state index in [-0.39, 0.29) is 0 Å². The predicted octanol–water partition coefficient (Wildman–Crippen LogP) is 1.29. The highest BCUT2D eigenvalue weighted by Crippen LogP contribution is 1.80. The van der Waals surface area contributed by atoms with E-state index in [4.69, 9.17) is 4.74 Å². The molecule has 2 heteroatoms. The molecule has 2 rings (SSSR count). The molecular weight excluding hydrogens is 150 g/mol. The first-order valence-corrected chi connectivity index (χ1v) is 4.28. The summed E-state index contributed by atoms with van der Waals surface area (Å²) in [7, 11) is 0. The average molecular weight is 165 g/mol. The highest BCUT2D eigenvalue weighted by molar-refractivity contribution is 4.99. The molecule has 0 atom stereocenters. The van der Waals surface area contributed by atoms with E-state index < -0.39 is 0 Å². The van der Waals surface area contributed by atoms with Gasteiger partial charge in [0.25, 0.3) is 0 Å². The Hall–Kier alpha value is -0.860. The third kappa shape index (κ3) is 4.88. The van der Waals surface area contributed by atoms with Crippen LogP contribution in [-0.2, 0) is 4.74 Å². The van der Waals surface area contributed by atoms with E-state index in [1.807, 2.05) is 36.4 Å². The van der Waals surface area contributed by atoms with Gasteiger partial charge in [0.05, 0.1) is 13.2 Å². The fourth-order valence-electron chi connectivity index (χ4n) is 0.901. The fraction of sp³-hybridized carbons (Fsp3) is 0.400. The van der Waals surface area contributed by atoms with Gasteiger partial charge in [0.1, 0.15) is 0 Å². The standard InChI is InChI=1S/C6H6.C4H9NO/c1-2-4-6-5-3-1;1-3-6-4-2-5-1/h1-6H;5H,1-4H2. The summed E-state index contributed by atoms with van der Waals surface area (Å²) in [5.41, 5.74) is 0. The van der Waals surface area contributed by atoms with Gasteiger partial charge in [-0.05, 0) is 0 Å². The van der Waals surface area contributed by atoms with Crippen molar-refractivity contribution in [2.75, 3.05) is 26.3 Å². The molecule has 0 aromatic heterocycles. The van der Waals surface area contributed by atoms with E-state index >= 15 is 0 Å². The van der Waals surface area contributed by atoms with Crippen molar-refractivity contribution in [1.82, 2.24) is 5.32 Å². The quantitative estimate of drug-likeness (QED) is 0.625. The zero-order chi connectivity index (χ0) is 8.49. The van der Waals surface area contributed by atoms with Crippen molar-refractivity contribution in [3.63, 3.8) is 0 Å². The molecule has 0 spiro atoms. The first kappa shape index (κ1) is 9.23. The molecule has 12 heavy (non-hydrogen) atoms. The molecule has 0 saturated carbocycles. The Labute approximate surface area is 73.6 Å². The van der Waals surface area contributed by atoms with Crippen molar-refractivity contribution in [2.45, 2.75) is 0 Å². The van der Waals surface area contributed by atoms with E-state index in [1.165, 1.54) is 0 Å². The van der Waals surface area contributed by atoms with Crippen LogP contribution in [0, 0.1) is 0 Å². The van der Waals surface area contributed by atoms with Gasteiger partial charge in [-0.1, -0.05) is 36.4 Å². The molecule has 0 aliphatic carbocycles. The van der Waals surface area contributed by atoms with Crippen LogP contribution in [-0.4, -0.2) is 26.3 Å². The van der Waals surface area contributed by atoms with E-state index in [0.29, 0.717) is 0 Å². The van der Waals surface area contributed by atoms with Gasteiger partial charge in [0.2, 0.25) is 0 Å². The van der Waals surface area contributed by atoms with Crippen molar-refractivity contribution < 1.29 is 4.74 Å². The zero-order valence-electron chi connectivity index (χ0n) is 7.20. The minimum atomic E-state index is 0.889. The Morgan fingerprint density at radius 3 is 1.33 bits per heavy atom. The topological polar surface area (TPSA) is 21.3 Å². The number of benzene rings is 1. The molecule has 1 aliphatic heterocycles. The molecule has 1 aliphatic rings. The van der Waals surface area contributed by atoms with Crippen LogP contribution in [0.4, 0.5) is 0 Å². The highest BCUT2D eigenvalue weighted by Gasteiger charge is 1.92. The Bertz CT molecular complexity index is 134. The second-order valence-corrected chi connectivity index (χ2v) is 2.52. The summed E-state index contributed by atoms with van der Waals surface area (Å²) in [6, 6.07) is 12.0. The SMILES string of the molecule is C1COCCN1.c1ccccc1. The Morgan fingerprint density at radius 1 is 0.750 bits per heavy atom. The van der Waals surface area contributed by atoms with Crippen molar-refractivity contribution in [3.8, 4) is 0 Å². The summed E-state index contributed by atoms with van der Waals surface area (Å²) in [5.74, 6) is 0. The number of morpholine rings is 1. The first-order chi connectivity index (χ1) is 6.00. The van der Waals surface area contributed by atoms with Crippen molar-refractivity contribution in [2.24, 2.45) is 0 Å². The third-order valence-electron chi connectivity index (χ3n) is 1.51. The molecule has 2 nitrogen and oxygen atoms in total. The monoisotopic (exact) mass is 165 g/mol. The number of hydrogen-bond donors (Lipinski definition) is 1. The minimum absolute atomic E-state index is 0.889. The maximum atomic E-state index is 5.01. The number of nitrogens with one attached hydrogen (secondary N) is 1. The van der Waals surface area contributed by atoms with Crippen LogP contribution in [0.15, 0.2) is 36.4 Å². The molecule has 0 bridgehead atoms. The van der Waals surface area contributed by atoms with Crippen molar-refractivity contribution in [3.05, 3.63) is 36.4 Å². The zero-order valence-corrected chi connectivity index (χ0v) is 7.20. The van der Waals surface area contributed by atoms with E-state index in [2.05, 4.69) is 5.32 Å². The first-order valence-electron chi connectivity index (χ1n) is 4.28. The predicted molar refractivity (Wildman–Crippen MR) is 50.1 cm³/mol. The van der Waals surface area contributed by atoms with Gasteiger partial charge < -0.3 is 10.1 Å². The summed E-state index contributed by atoms with van der Waals surface area (Å²) >= 11 is 0. The second-order valence-electron chi connectivity index (χ2n) is 2.52. The lowest BCUT2D eigenvalue weighted by Gasteiger charge is -2.10. The summed E-state index contributed by atoms with van der Waals surface area (Å²) in [6.45, 7) is 3.83. The van der Waals surface area contributed by atoms with Crippen LogP contribution in [0.2, 0.25) is 0 Å². The van der Waals surface area contributed by atoms with Crippen LogP contribution < -0.4 is 5.32 Å². The van der Waals surface area contributed by atoms with Gasteiger partial charge in [-0.3, -0.25) is 0 Å². The van der Waals surface area contributed by atoms with Gasteiger partial charge in [0, 0.05) is 13.1 Å². The van der Waals surface area contributed by atoms with Crippen LogP contribution in [0.25, 0.3) is 0 Å². The molecule has 1 saturated heterocycles. The fourth-order valence-corrected chi connectivity index (χ4v) is 0.901. The molecule has 0 radical (unpaired) electrons. The van der Waals surface area contributed by atoms with Gasteiger partial charge in [-0.2, -0.15) is 0 Å². The van der Waals surface area contributed by atoms with Crippen molar-refractivity contribution >= 4 is 0 Å². The smallest absolute Gasteiger partial charge is 0.0591 e. The van der Waals surface area contributed by atoms with Gasteiger partial charge >= 0.3 is 0 Å². The largest absolute Gasteiger partial charge is 0.379 e. The van der Waals surface area contributed by atoms with Crippen molar-refractivity contribution in [1.29, 1.82) is 0 Å². The molecule has 66 valence electrons. The van der Waals surface area contributed by atoms with E-state index in [0.717, 1.165) is 26.3 Å². The Morgan fingerprint density at radius 2 is 1.17 bits per heavy atom. The minimum Gasteiger partial charge on any atom is -0.379 e. The molecule has 1 aromatic carbocycles. The Balaban J connectivity index is 0.000000120. The molecule has 0 unspecified atom stereocenters. The lowest BCUT2D eigenvalue weighted by Crippen LogP contribution is -2.30. The molecular formula is C10H15NO. The molecule has 1 aromatic rings. The van der Waals surface area contributed by atoms with Crippen LogP contribution in [0.1, 0.15) is 0 Å². The van der Waals surface area contributed by atoms with Crippen LogP contribution >= 0.6 is 0 Å². The highest BCUT2D eigenvalue weighted by atomic mass is 16.5. The third-order valence-corrected chi connectivity index (χ3v) is 1.51. The van der Waals surface area contributed by atoms with Crippen LogP contribution in [0.3, 0.4) is 0 Å².